The Bertz CT molecular complexity index is 1030. The molecule has 0 aliphatic carbocycles. The zero-order valence-corrected chi connectivity index (χ0v) is 13.6. The number of hydrogen-bond acceptors (Lipinski definition) is 3. The first-order valence-corrected chi connectivity index (χ1v) is 7.69. The highest BCUT2D eigenvalue weighted by Crippen LogP contribution is 2.45. The number of benzene rings is 1. The predicted molar refractivity (Wildman–Crippen MR) is 85.0 cm³/mol. The summed E-state index contributed by atoms with van der Waals surface area (Å²) in [5.41, 5.74) is 0.0552. The highest BCUT2D eigenvalue weighted by molar-refractivity contribution is 6.35. The van der Waals surface area contributed by atoms with Crippen molar-refractivity contribution in [3.63, 3.8) is 0 Å². The van der Waals surface area contributed by atoms with Crippen LogP contribution in [0.5, 0.6) is 0 Å². The van der Waals surface area contributed by atoms with Gasteiger partial charge in [0.2, 0.25) is 5.91 Å². The van der Waals surface area contributed by atoms with Crippen LogP contribution in [-0.2, 0) is 17.4 Å². The number of halogens is 4. The molecule has 3 heterocycles. The van der Waals surface area contributed by atoms with Crippen LogP contribution in [0.15, 0.2) is 30.3 Å². The zero-order chi connectivity index (χ0) is 17.9. The minimum atomic E-state index is -4.67. The number of carbonyl (C=O) groups is 1. The lowest BCUT2D eigenvalue weighted by Gasteiger charge is -2.23. The maximum atomic E-state index is 13.6. The Balaban J connectivity index is 2.09. The van der Waals surface area contributed by atoms with Crippen LogP contribution in [0.3, 0.4) is 0 Å². The minimum Gasteiger partial charge on any atom is -0.274 e. The van der Waals surface area contributed by atoms with Crippen molar-refractivity contribution in [2.24, 2.45) is 0 Å². The molecule has 4 rings (SSSR count). The largest absolute Gasteiger partial charge is 0.419 e. The van der Waals surface area contributed by atoms with Gasteiger partial charge in [0.05, 0.1) is 22.7 Å². The molecule has 128 valence electrons. The molecule has 0 N–H and O–H groups in total. The highest BCUT2D eigenvalue weighted by atomic mass is 35.5. The molecule has 0 unspecified atom stereocenters. The highest BCUT2D eigenvalue weighted by Gasteiger charge is 2.41. The fourth-order valence-corrected chi connectivity index (χ4v) is 3.30. The van der Waals surface area contributed by atoms with E-state index in [0.717, 1.165) is 15.5 Å². The van der Waals surface area contributed by atoms with E-state index in [1.807, 2.05) is 0 Å². The summed E-state index contributed by atoms with van der Waals surface area (Å²) < 4.78 is 41.9. The van der Waals surface area contributed by atoms with Gasteiger partial charge >= 0.3 is 6.18 Å². The number of amides is 1. The maximum Gasteiger partial charge on any atom is 0.419 e. The molecule has 1 aliphatic rings. The van der Waals surface area contributed by atoms with Crippen molar-refractivity contribution in [2.45, 2.75) is 19.5 Å². The topological polar surface area (TPSA) is 50.5 Å². The lowest BCUT2D eigenvalue weighted by Crippen LogP contribution is -2.27. The molecule has 1 aromatic carbocycles. The Morgan fingerprint density at radius 2 is 1.96 bits per heavy atom. The molecule has 0 saturated heterocycles. The van der Waals surface area contributed by atoms with Crippen LogP contribution in [0, 0.1) is 6.92 Å². The van der Waals surface area contributed by atoms with E-state index in [-0.39, 0.29) is 22.8 Å². The van der Waals surface area contributed by atoms with E-state index in [2.05, 4.69) is 10.1 Å². The van der Waals surface area contributed by atoms with Crippen LogP contribution < -0.4 is 4.90 Å². The molecule has 0 radical (unpaired) electrons. The van der Waals surface area contributed by atoms with Gasteiger partial charge in [0, 0.05) is 0 Å². The first-order valence-electron chi connectivity index (χ1n) is 7.31. The summed E-state index contributed by atoms with van der Waals surface area (Å²) in [4.78, 5) is 17.6. The summed E-state index contributed by atoms with van der Waals surface area (Å²) in [5.74, 6) is -0.608. The van der Waals surface area contributed by atoms with Crippen molar-refractivity contribution in [1.29, 1.82) is 0 Å². The zero-order valence-electron chi connectivity index (χ0n) is 12.8. The average molecular weight is 367 g/mol. The molecular weight excluding hydrogens is 357 g/mol. The summed E-state index contributed by atoms with van der Waals surface area (Å²) in [6, 6.07) is 6.98. The van der Waals surface area contributed by atoms with Crippen LogP contribution in [0.2, 0.25) is 5.02 Å². The molecule has 0 spiro atoms. The molecule has 0 atom stereocenters. The summed E-state index contributed by atoms with van der Waals surface area (Å²) in [5, 5.41) is 4.24. The minimum absolute atomic E-state index is 0.0305. The molecule has 0 saturated carbocycles. The number of aromatic nitrogens is 3. The standard InChI is InChI=1S/C16H10ClF3N4O/c1-8-21-12-6-5-10(16(18,19)20)15(24(12)22-8)23-13(25)7-9-3-2-4-11(17)14(9)23/h2-6H,7H2,1H3. The van der Waals surface area contributed by atoms with Crippen LogP contribution in [-0.4, -0.2) is 20.5 Å². The van der Waals surface area contributed by atoms with Crippen LogP contribution in [0.25, 0.3) is 5.65 Å². The Morgan fingerprint density at radius 3 is 2.68 bits per heavy atom. The quantitative estimate of drug-likeness (QED) is 0.655. The fourth-order valence-electron chi connectivity index (χ4n) is 3.02. The van der Waals surface area contributed by atoms with Crippen LogP contribution in [0.1, 0.15) is 17.0 Å². The number of pyridine rings is 1. The van der Waals surface area contributed by atoms with Gasteiger partial charge in [0.25, 0.3) is 0 Å². The number of hydrogen-bond donors (Lipinski definition) is 0. The average Bonchev–Trinajstić information content (AvgIpc) is 3.04. The maximum absolute atomic E-state index is 13.6. The van der Waals surface area contributed by atoms with E-state index in [1.165, 1.54) is 12.1 Å². The molecule has 9 heteroatoms. The second-order valence-corrected chi connectivity index (χ2v) is 6.06. The van der Waals surface area contributed by atoms with Gasteiger partial charge in [-0.05, 0) is 30.7 Å². The van der Waals surface area contributed by atoms with Gasteiger partial charge in [-0.2, -0.15) is 17.7 Å². The number of anilines is 2. The Morgan fingerprint density at radius 1 is 1.20 bits per heavy atom. The van der Waals surface area contributed by atoms with Crippen molar-refractivity contribution in [1.82, 2.24) is 14.6 Å². The number of alkyl halides is 3. The lowest BCUT2D eigenvalue weighted by atomic mass is 10.1. The molecule has 0 fully saturated rings. The third kappa shape index (κ3) is 2.36. The van der Waals surface area contributed by atoms with Crippen molar-refractivity contribution in [3.05, 3.63) is 52.3 Å². The molecule has 5 nitrogen and oxygen atoms in total. The van der Waals surface area contributed by atoms with E-state index in [9.17, 15) is 18.0 Å². The van der Waals surface area contributed by atoms with E-state index in [1.54, 1.807) is 19.1 Å². The molecule has 1 aliphatic heterocycles. The van der Waals surface area contributed by atoms with E-state index in [4.69, 9.17) is 11.6 Å². The first-order chi connectivity index (χ1) is 11.8. The van der Waals surface area contributed by atoms with Crippen molar-refractivity contribution in [2.75, 3.05) is 4.90 Å². The second-order valence-electron chi connectivity index (χ2n) is 5.65. The summed E-state index contributed by atoms with van der Waals surface area (Å²) >= 11 is 6.18. The van der Waals surface area contributed by atoms with Crippen LogP contribution in [0.4, 0.5) is 24.7 Å². The number of carbonyl (C=O) groups excluding carboxylic acids is 1. The number of aryl methyl sites for hydroxylation is 1. The third-order valence-electron chi connectivity index (χ3n) is 3.98. The molecule has 1 amide bonds. The normalized spacial score (nSPS) is 14.4. The molecule has 0 bridgehead atoms. The van der Waals surface area contributed by atoms with Crippen molar-refractivity contribution < 1.29 is 18.0 Å². The van der Waals surface area contributed by atoms with Gasteiger partial charge in [-0.15, -0.1) is 5.10 Å². The smallest absolute Gasteiger partial charge is 0.274 e. The van der Waals surface area contributed by atoms with Crippen molar-refractivity contribution in [3.8, 4) is 0 Å². The molecule has 2 aromatic heterocycles. The fraction of sp³-hybridized carbons (Fsp3) is 0.188. The van der Waals surface area contributed by atoms with Gasteiger partial charge in [0.15, 0.2) is 11.5 Å². The lowest BCUT2D eigenvalue weighted by molar-refractivity contribution is -0.137. The van der Waals surface area contributed by atoms with Gasteiger partial charge in [-0.1, -0.05) is 23.7 Å². The number of nitrogens with zero attached hydrogens (tertiary/aromatic N) is 4. The Hall–Kier alpha value is -2.61. The van der Waals surface area contributed by atoms with Crippen LogP contribution >= 0.6 is 11.6 Å². The predicted octanol–water partition coefficient (Wildman–Crippen LogP) is 3.93. The summed E-state index contributed by atoms with van der Waals surface area (Å²) in [7, 11) is 0. The summed E-state index contributed by atoms with van der Waals surface area (Å²) in [6.45, 7) is 1.57. The molecular formula is C16H10ClF3N4O. The van der Waals surface area contributed by atoms with E-state index >= 15 is 0 Å². The van der Waals surface area contributed by atoms with Gasteiger partial charge in [0.1, 0.15) is 5.82 Å². The first kappa shape index (κ1) is 15.9. The van der Waals surface area contributed by atoms with E-state index in [0.29, 0.717) is 11.4 Å². The molecule has 25 heavy (non-hydrogen) atoms. The van der Waals surface area contributed by atoms with Gasteiger partial charge in [-0.25, -0.2) is 4.98 Å². The SMILES string of the molecule is Cc1nc2ccc(C(F)(F)F)c(N3C(=O)Cc4cccc(Cl)c43)n2n1. The number of para-hydroxylation sites is 1. The van der Waals surface area contributed by atoms with Crippen molar-refractivity contribution >= 4 is 34.7 Å². The number of rotatable bonds is 1. The molecule has 3 aromatic rings. The second kappa shape index (κ2) is 5.19. The Kier molecular flexibility index (Phi) is 3.30. The summed E-state index contributed by atoms with van der Waals surface area (Å²) in [6.07, 6.45) is -4.70. The Labute approximate surface area is 144 Å². The van der Waals surface area contributed by atoms with Gasteiger partial charge < -0.3 is 0 Å². The number of fused-ring (bicyclic) bond motifs is 2. The third-order valence-corrected chi connectivity index (χ3v) is 4.29. The monoisotopic (exact) mass is 366 g/mol. The van der Waals surface area contributed by atoms with Gasteiger partial charge in [-0.3, -0.25) is 9.69 Å². The van der Waals surface area contributed by atoms with E-state index < -0.39 is 23.5 Å².